The van der Waals surface area contributed by atoms with Crippen LogP contribution in [-0.4, -0.2) is 7.11 Å². The zero-order chi connectivity index (χ0) is 23.6. The molecule has 3 aromatic rings. The second-order valence-electron chi connectivity index (χ2n) is 10.2. The Kier molecular flexibility index (Phi) is 7.49. The lowest BCUT2D eigenvalue weighted by molar-refractivity contribution is 0.415. The number of rotatable bonds is 7. The minimum atomic E-state index is 0.451. The second-order valence-corrected chi connectivity index (χ2v) is 10.2. The van der Waals surface area contributed by atoms with Gasteiger partial charge in [0.25, 0.3) is 0 Å². The standard InChI is InChI=1S/C31H40O/c1-19(2)26-12-10-13-27(20(3)4)30(26)23-16-24(18-25(17-23)32-9)31-28(21(5)6)14-11-15-29(31)22(7)8/h10-22H,1-9H3. The average Bonchev–Trinajstić information content (AvgIpc) is 2.77. The van der Waals surface area contributed by atoms with Gasteiger partial charge >= 0.3 is 0 Å². The van der Waals surface area contributed by atoms with Crippen molar-refractivity contribution in [1.29, 1.82) is 0 Å². The second kappa shape index (κ2) is 9.94. The van der Waals surface area contributed by atoms with Crippen LogP contribution in [0.4, 0.5) is 0 Å². The van der Waals surface area contributed by atoms with Gasteiger partial charge in [0.05, 0.1) is 7.11 Å². The van der Waals surface area contributed by atoms with Gasteiger partial charge in [-0.2, -0.15) is 0 Å². The molecule has 0 N–H and O–H groups in total. The van der Waals surface area contributed by atoms with E-state index in [4.69, 9.17) is 4.74 Å². The van der Waals surface area contributed by atoms with Gasteiger partial charge in [0, 0.05) is 0 Å². The summed E-state index contributed by atoms with van der Waals surface area (Å²) in [5, 5.41) is 0. The van der Waals surface area contributed by atoms with E-state index in [0.717, 1.165) is 5.75 Å². The van der Waals surface area contributed by atoms with Crippen molar-refractivity contribution in [1.82, 2.24) is 0 Å². The van der Waals surface area contributed by atoms with Gasteiger partial charge in [0.2, 0.25) is 0 Å². The average molecular weight is 429 g/mol. The Morgan fingerprint density at radius 1 is 0.500 bits per heavy atom. The Balaban J connectivity index is 2.39. The Hall–Kier alpha value is -2.54. The molecule has 32 heavy (non-hydrogen) atoms. The van der Waals surface area contributed by atoms with E-state index in [1.165, 1.54) is 44.5 Å². The summed E-state index contributed by atoms with van der Waals surface area (Å²) in [6.07, 6.45) is 0. The molecule has 0 unspecified atom stereocenters. The van der Waals surface area contributed by atoms with Crippen molar-refractivity contribution in [2.75, 3.05) is 7.11 Å². The lowest BCUT2D eigenvalue weighted by atomic mass is 9.82. The Labute approximate surface area is 195 Å². The van der Waals surface area contributed by atoms with Crippen molar-refractivity contribution in [2.24, 2.45) is 0 Å². The van der Waals surface area contributed by atoms with Crippen LogP contribution in [-0.2, 0) is 0 Å². The van der Waals surface area contributed by atoms with Crippen LogP contribution < -0.4 is 4.74 Å². The van der Waals surface area contributed by atoms with E-state index in [1.54, 1.807) is 7.11 Å². The van der Waals surface area contributed by atoms with E-state index < -0.39 is 0 Å². The molecule has 0 spiro atoms. The smallest absolute Gasteiger partial charge is 0.120 e. The number of hydrogen-bond donors (Lipinski definition) is 0. The molecule has 0 radical (unpaired) electrons. The van der Waals surface area contributed by atoms with Crippen molar-refractivity contribution in [3.8, 4) is 28.0 Å². The third-order valence-corrected chi connectivity index (χ3v) is 6.47. The van der Waals surface area contributed by atoms with E-state index in [0.29, 0.717) is 23.7 Å². The maximum Gasteiger partial charge on any atom is 0.120 e. The van der Waals surface area contributed by atoms with Crippen LogP contribution in [0.25, 0.3) is 22.3 Å². The molecule has 1 heteroatoms. The van der Waals surface area contributed by atoms with Crippen LogP contribution in [0.5, 0.6) is 5.75 Å². The summed E-state index contributed by atoms with van der Waals surface area (Å²) < 4.78 is 5.84. The fraction of sp³-hybridized carbons (Fsp3) is 0.419. The molecule has 0 bridgehead atoms. The molecule has 3 aromatic carbocycles. The highest BCUT2D eigenvalue weighted by molar-refractivity contribution is 5.82. The third-order valence-electron chi connectivity index (χ3n) is 6.47. The first-order chi connectivity index (χ1) is 15.1. The monoisotopic (exact) mass is 428 g/mol. The first-order valence-electron chi connectivity index (χ1n) is 12.1. The maximum absolute atomic E-state index is 5.84. The summed E-state index contributed by atoms with van der Waals surface area (Å²) in [6, 6.07) is 20.4. The van der Waals surface area contributed by atoms with Crippen LogP contribution in [0.2, 0.25) is 0 Å². The van der Waals surface area contributed by atoms with E-state index in [-0.39, 0.29) is 0 Å². The predicted molar refractivity (Wildman–Crippen MR) is 140 cm³/mol. The van der Waals surface area contributed by atoms with Gasteiger partial charge in [-0.25, -0.2) is 0 Å². The molecular formula is C31H40O. The van der Waals surface area contributed by atoms with Gasteiger partial charge in [-0.1, -0.05) is 91.8 Å². The molecule has 0 saturated heterocycles. The van der Waals surface area contributed by atoms with Crippen LogP contribution in [0.15, 0.2) is 54.6 Å². The summed E-state index contributed by atoms with van der Waals surface area (Å²) in [5.41, 5.74) is 10.8. The molecule has 0 amide bonds. The molecule has 3 rings (SSSR count). The fourth-order valence-corrected chi connectivity index (χ4v) is 4.77. The van der Waals surface area contributed by atoms with E-state index in [1.807, 2.05) is 0 Å². The van der Waals surface area contributed by atoms with Crippen molar-refractivity contribution >= 4 is 0 Å². The SMILES string of the molecule is COc1cc(-c2c(C(C)C)cccc2C(C)C)cc(-c2c(C(C)C)cccc2C(C)C)c1. The topological polar surface area (TPSA) is 9.23 Å². The van der Waals surface area contributed by atoms with Gasteiger partial charge in [0.1, 0.15) is 5.75 Å². The Morgan fingerprint density at radius 3 is 1.06 bits per heavy atom. The highest BCUT2D eigenvalue weighted by atomic mass is 16.5. The Bertz CT molecular complexity index is 936. The highest BCUT2D eigenvalue weighted by Gasteiger charge is 2.20. The van der Waals surface area contributed by atoms with Crippen LogP contribution in [0.3, 0.4) is 0 Å². The summed E-state index contributed by atoms with van der Waals surface area (Å²) in [5.74, 6) is 2.72. The van der Waals surface area contributed by atoms with Crippen LogP contribution in [0.1, 0.15) is 101 Å². The normalized spacial score (nSPS) is 11.8. The molecule has 0 aromatic heterocycles. The summed E-state index contributed by atoms with van der Waals surface area (Å²) >= 11 is 0. The number of hydrogen-bond acceptors (Lipinski definition) is 1. The zero-order valence-electron chi connectivity index (χ0n) is 21.4. The highest BCUT2D eigenvalue weighted by Crippen LogP contribution is 2.42. The first kappa shape index (κ1) is 24.1. The zero-order valence-corrected chi connectivity index (χ0v) is 21.4. The number of ether oxygens (including phenoxy) is 1. The molecular weight excluding hydrogens is 388 g/mol. The third kappa shape index (κ3) is 4.77. The van der Waals surface area contributed by atoms with Gasteiger partial charge in [0.15, 0.2) is 0 Å². The van der Waals surface area contributed by atoms with Crippen molar-refractivity contribution in [2.45, 2.75) is 79.1 Å². The molecule has 1 nitrogen and oxygen atoms in total. The predicted octanol–water partition coefficient (Wildman–Crippen LogP) is 9.52. The summed E-state index contributed by atoms with van der Waals surface area (Å²) in [4.78, 5) is 0. The number of methoxy groups -OCH3 is 1. The van der Waals surface area contributed by atoms with E-state index in [2.05, 4.69) is 110 Å². The fourth-order valence-electron chi connectivity index (χ4n) is 4.77. The molecule has 0 aliphatic heterocycles. The van der Waals surface area contributed by atoms with Crippen molar-refractivity contribution in [3.05, 3.63) is 76.9 Å². The van der Waals surface area contributed by atoms with E-state index >= 15 is 0 Å². The minimum absolute atomic E-state index is 0.451. The molecule has 0 aliphatic rings. The lowest BCUT2D eigenvalue weighted by Gasteiger charge is -2.23. The van der Waals surface area contributed by atoms with Crippen molar-refractivity contribution in [3.63, 3.8) is 0 Å². The van der Waals surface area contributed by atoms with Gasteiger partial charge in [-0.05, 0) is 86.4 Å². The van der Waals surface area contributed by atoms with Crippen LogP contribution in [0, 0.1) is 0 Å². The van der Waals surface area contributed by atoms with Gasteiger partial charge in [-0.3, -0.25) is 0 Å². The Morgan fingerprint density at radius 2 is 0.812 bits per heavy atom. The minimum Gasteiger partial charge on any atom is -0.497 e. The molecule has 0 atom stereocenters. The van der Waals surface area contributed by atoms with E-state index in [9.17, 15) is 0 Å². The van der Waals surface area contributed by atoms with Gasteiger partial charge < -0.3 is 4.74 Å². The quantitative estimate of drug-likeness (QED) is 0.364. The molecule has 0 fully saturated rings. The molecule has 0 heterocycles. The number of benzene rings is 3. The maximum atomic E-state index is 5.84. The molecule has 0 saturated carbocycles. The summed E-state index contributed by atoms with van der Waals surface area (Å²) in [6.45, 7) is 18.3. The van der Waals surface area contributed by atoms with Crippen LogP contribution >= 0.6 is 0 Å². The first-order valence-corrected chi connectivity index (χ1v) is 12.1. The molecule has 0 aliphatic carbocycles. The summed E-state index contributed by atoms with van der Waals surface area (Å²) in [7, 11) is 1.78. The lowest BCUT2D eigenvalue weighted by Crippen LogP contribution is -2.02. The van der Waals surface area contributed by atoms with Gasteiger partial charge in [-0.15, -0.1) is 0 Å². The van der Waals surface area contributed by atoms with Crippen molar-refractivity contribution < 1.29 is 4.74 Å². The largest absolute Gasteiger partial charge is 0.497 e. The molecule has 170 valence electrons.